The SMILES string of the molecule is Cc1cccc2c(=O)[nH]c(COC(=O)c3nc(-c4cccs4)n(-c4ccccc4)n3)nc12. The van der Waals surface area contributed by atoms with Crippen molar-refractivity contribution < 1.29 is 9.53 Å². The minimum absolute atomic E-state index is 0.0726. The van der Waals surface area contributed by atoms with Gasteiger partial charge in [-0.25, -0.2) is 14.5 Å². The van der Waals surface area contributed by atoms with Gasteiger partial charge in [0.2, 0.25) is 0 Å². The van der Waals surface area contributed by atoms with Gasteiger partial charge in [-0.2, -0.15) is 4.98 Å². The largest absolute Gasteiger partial charge is 0.452 e. The van der Waals surface area contributed by atoms with Gasteiger partial charge in [-0.15, -0.1) is 16.4 Å². The number of aryl methyl sites for hydroxylation is 1. The van der Waals surface area contributed by atoms with Crippen molar-refractivity contribution in [2.45, 2.75) is 13.5 Å². The fourth-order valence-corrected chi connectivity index (χ4v) is 4.03. The minimum atomic E-state index is -0.704. The molecule has 0 unspecified atom stereocenters. The molecule has 158 valence electrons. The Morgan fingerprint density at radius 3 is 2.69 bits per heavy atom. The van der Waals surface area contributed by atoms with Crippen molar-refractivity contribution in [1.82, 2.24) is 24.7 Å². The summed E-state index contributed by atoms with van der Waals surface area (Å²) >= 11 is 1.50. The summed E-state index contributed by atoms with van der Waals surface area (Å²) in [6.07, 6.45) is 0. The molecule has 0 bridgehead atoms. The number of benzene rings is 2. The molecule has 0 radical (unpaired) electrons. The molecule has 3 aromatic heterocycles. The summed E-state index contributed by atoms with van der Waals surface area (Å²) in [5, 5.41) is 6.80. The van der Waals surface area contributed by atoms with Crippen molar-refractivity contribution in [2.75, 3.05) is 0 Å². The Morgan fingerprint density at radius 2 is 1.91 bits per heavy atom. The van der Waals surface area contributed by atoms with Crippen LogP contribution in [-0.4, -0.2) is 30.7 Å². The van der Waals surface area contributed by atoms with Crippen LogP contribution in [0.15, 0.2) is 70.8 Å². The number of fused-ring (bicyclic) bond motifs is 1. The van der Waals surface area contributed by atoms with Crippen LogP contribution in [0.5, 0.6) is 0 Å². The van der Waals surface area contributed by atoms with Gasteiger partial charge in [0.05, 0.1) is 21.5 Å². The van der Waals surface area contributed by atoms with Gasteiger partial charge in [0.15, 0.2) is 5.82 Å². The number of aromatic nitrogens is 5. The molecule has 0 aliphatic heterocycles. The van der Waals surface area contributed by atoms with Crippen LogP contribution in [0.4, 0.5) is 0 Å². The van der Waals surface area contributed by atoms with E-state index < -0.39 is 5.97 Å². The Bertz CT molecular complexity index is 1470. The molecule has 0 aliphatic carbocycles. The van der Waals surface area contributed by atoms with Crippen molar-refractivity contribution >= 4 is 28.2 Å². The highest BCUT2D eigenvalue weighted by Gasteiger charge is 2.21. The van der Waals surface area contributed by atoms with Crippen LogP contribution >= 0.6 is 11.3 Å². The van der Waals surface area contributed by atoms with Crippen molar-refractivity contribution in [3.05, 3.63) is 93.6 Å². The second kappa shape index (κ2) is 8.20. The summed E-state index contributed by atoms with van der Waals surface area (Å²) < 4.78 is 6.99. The first-order valence-electron chi connectivity index (χ1n) is 9.82. The minimum Gasteiger partial charge on any atom is -0.452 e. The highest BCUT2D eigenvalue weighted by atomic mass is 32.1. The standard InChI is InChI=1S/C23H17N5O3S/c1-14-7-5-10-16-19(14)24-18(25-22(16)29)13-31-23(30)20-26-21(17-11-6-12-32-17)28(27-20)15-8-3-2-4-9-15/h2-12H,13H2,1H3,(H,24,25,29). The van der Waals surface area contributed by atoms with Crippen LogP contribution in [0, 0.1) is 6.92 Å². The molecule has 1 N–H and O–H groups in total. The molecule has 2 aromatic carbocycles. The molecule has 5 aromatic rings. The molecule has 3 heterocycles. The van der Waals surface area contributed by atoms with E-state index in [2.05, 4.69) is 20.1 Å². The molecule has 0 saturated carbocycles. The molecular weight excluding hydrogens is 426 g/mol. The Balaban J connectivity index is 1.44. The summed E-state index contributed by atoms with van der Waals surface area (Å²) in [5.74, 6) is 0.0266. The van der Waals surface area contributed by atoms with E-state index in [9.17, 15) is 9.59 Å². The maximum absolute atomic E-state index is 12.7. The predicted octanol–water partition coefficient (Wildman–Crippen LogP) is 3.90. The molecular formula is C23H17N5O3S. The number of nitrogens with zero attached hydrogens (tertiary/aromatic N) is 4. The molecule has 32 heavy (non-hydrogen) atoms. The number of carbonyl (C=O) groups is 1. The van der Waals surface area contributed by atoms with Crippen LogP contribution in [0.3, 0.4) is 0 Å². The second-order valence-electron chi connectivity index (χ2n) is 7.04. The Labute approximate surface area is 186 Å². The number of H-pyrrole nitrogens is 1. The average molecular weight is 443 g/mol. The van der Waals surface area contributed by atoms with Gasteiger partial charge in [-0.1, -0.05) is 36.4 Å². The van der Waals surface area contributed by atoms with E-state index >= 15 is 0 Å². The first-order valence-corrected chi connectivity index (χ1v) is 10.7. The summed E-state index contributed by atoms with van der Waals surface area (Å²) in [6.45, 7) is 1.67. The summed E-state index contributed by atoms with van der Waals surface area (Å²) in [6, 6.07) is 18.6. The lowest BCUT2D eigenvalue weighted by molar-refractivity contribution is 0.0448. The molecule has 0 saturated heterocycles. The Hall–Kier alpha value is -4.11. The summed E-state index contributed by atoms with van der Waals surface area (Å²) in [5.41, 5.74) is 1.94. The number of rotatable bonds is 5. The van der Waals surface area contributed by atoms with Crippen molar-refractivity contribution in [2.24, 2.45) is 0 Å². The van der Waals surface area contributed by atoms with Crippen LogP contribution in [0.2, 0.25) is 0 Å². The van der Waals surface area contributed by atoms with Crippen molar-refractivity contribution in [3.8, 4) is 16.4 Å². The number of para-hydroxylation sites is 2. The third-order valence-electron chi connectivity index (χ3n) is 4.86. The van der Waals surface area contributed by atoms with Gasteiger partial charge >= 0.3 is 5.97 Å². The van der Waals surface area contributed by atoms with Gasteiger partial charge in [0.1, 0.15) is 12.4 Å². The second-order valence-corrected chi connectivity index (χ2v) is 7.99. The monoisotopic (exact) mass is 443 g/mol. The average Bonchev–Trinajstić information content (AvgIpc) is 3.49. The quantitative estimate of drug-likeness (QED) is 0.413. The number of hydrogen-bond donors (Lipinski definition) is 1. The smallest absolute Gasteiger partial charge is 0.378 e. The lowest BCUT2D eigenvalue weighted by Gasteiger charge is -2.05. The van der Waals surface area contributed by atoms with Crippen LogP contribution in [0.25, 0.3) is 27.3 Å². The van der Waals surface area contributed by atoms with E-state index in [0.29, 0.717) is 16.7 Å². The van der Waals surface area contributed by atoms with Crippen molar-refractivity contribution in [1.29, 1.82) is 0 Å². The molecule has 9 heteroatoms. The molecule has 8 nitrogen and oxygen atoms in total. The lowest BCUT2D eigenvalue weighted by atomic mass is 10.1. The van der Waals surface area contributed by atoms with E-state index in [-0.39, 0.29) is 23.8 Å². The van der Waals surface area contributed by atoms with E-state index in [1.165, 1.54) is 11.3 Å². The molecule has 0 fully saturated rings. The number of carbonyl (C=O) groups excluding carboxylic acids is 1. The lowest BCUT2D eigenvalue weighted by Crippen LogP contribution is -2.15. The zero-order valence-corrected chi connectivity index (χ0v) is 17.8. The van der Waals surface area contributed by atoms with Gasteiger partial charge in [-0.3, -0.25) is 4.79 Å². The zero-order chi connectivity index (χ0) is 22.1. The maximum Gasteiger partial charge on any atom is 0.378 e. The van der Waals surface area contributed by atoms with Gasteiger partial charge in [-0.05, 0) is 42.1 Å². The molecule has 0 atom stereocenters. The van der Waals surface area contributed by atoms with E-state index in [4.69, 9.17) is 4.74 Å². The zero-order valence-electron chi connectivity index (χ0n) is 17.0. The van der Waals surface area contributed by atoms with Gasteiger partial charge < -0.3 is 9.72 Å². The number of aromatic amines is 1. The third-order valence-corrected chi connectivity index (χ3v) is 5.72. The summed E-state index contributed by atoms with van der Waals surface area (Å²) in [7, 11) is 0. The maximum atomic E-state index is 12.7. The van der Waals surface area contributed by atoms with Crippen LogP contribution < -0.4 is 5.56 Å². The number of thiophene rings is 1. The fourth-order valence-electron chi connectivity index (χ4n) is 3.33. The molecule has 0 amide bonds. The molecule has 0 aliphatic rings. The van der Waals surface area contributed by atoms with Crippen molar-refractivity contribution in [3.63, 3.8) is 0 Å². The normalized spacial score (nSPS) is 11.0. The topological polar surface area (TPSA) is 103 Å². The number of nitrogens with one attached hydrogen (secondary N) is 1. The van der Waals surface area contributed by atoms with E-state index in [1.807, 2.05) is 60.8 Å². The Morgan fingerprint density at radius 1 is 1.06 bits per heavy atom. The first-order chi connectivity index (χ1) is 15.6. The molecule has 0 spiro atoms. The first kappa shape index (κ1) is 19.8. The number of esters is 1. The van der Waals surface area contributed by atoms with Crippen LogP contribution in [0.1, 0.15) is 22.0 Å². The van der Waals surface area contributed by atoms with Crippen LogP contribution in [-0.2, 0) is 11.3 Å². The third kappa shape index (κ3) is 3.69. The van der Waals surface area contributed by atoms with Gasteiger partial charge in [0, 0.05) is 0 Å². The highest BCUT2D eigenvalue weighted by molar-refractivity contribution is 7.13. The fraction of sp³-hybridized carbons (Fsp3) is 0.0870. The number of ether oxygens (including phenoxy) is 1. The highest BCUT2D eigenvalue weighted by Crippen LogP contribution is 2.25. The number of hydrogen-bond acceptors (Lipinski definition) is 7. The Kier molecular flexibility index (Phi) is 5.08. The predicted molar refractivity (Wildman–Crippen MR) is 121 cm³/mol. The van der Waals surface area contributed by atoms with E-state index in [1.54, 1.807) is 16.8 Å². The summed E-state index contributed by atoms with van der Waals surface area (Å²) in [4.78, 5) is 37.4. The molecule has 5 rings (SSSR count). The van der Waals surface area contributed by atoms with Gasteiger partial charge in [0.25, 0.3) is 11.4 Å². The van der Waals surface area contributed by atoms with E-state index in [0.717, 1.165) is 16.1 Å².